The minimum Gasteiger partial charge on any atom is -0.497 e. The van der Waals surface area contributed by atoms with E-state index in [0.717, 1.165) is 40.3 Å². The van der Waals surface area contributed by atoms with Crippen molar-refractivity contribution in [2.75, 3.05) is 12.4 Å². The number of carbonyl (C=O) groups excluding carboxylic acids is 1. The Hall–Kier alpha value is -3.61. The molecule has 0 fully saturated rings. The molecule has 0 aliphatic rings. The first-order valence-corrected chi connectivity index (χ1v) is 10.7. The van der Waals surface area contributed by atoms with E-state index in [2.05, 4.69) is 35.6 Å². The third-order valence-electron chi connectivity index (χ3n) is 5.67. The number of nitrogens with one attached hydrogen (secondary N) is 2. The summed E-state index contributed by atoms with van der Waals surface area (Å²) >= 11 is 0. The molecule has 3 rings (SSSR count). The SMILES string of the molecule is CCn1nc(C)c(CN=C(NC(=O)c2ccc(OC)cc2)Nc2cccc(C)c2C)c1C. The van der Waals surface area contributed by atoms with E-state index >= 15 is 0 Å². The third kappa shape index (κ3) is 5.17. The average Bonchev–Trinajstić information content (AvgIpc) is 3.07. The Morgan fingerprint density at radius 2 is 1.81 bits per heavy atom. The highest BCUT2D eigenvalue weighted by molar-refractivity contribution is 6.10. The highest BCUT2D eigenvalue weighted by atomic mass is 16.5. The molecular formula is C25H31N5O2. The Labute approximate surface area is 189 Å². The summed E-state index contributed by atoms with van der Waals surface area (Å²) in [6.45, 7) is 11.4. The van der Waals surface area contributed by atoms with Crippen molar-refractivity contribution >= 4 is 17.6 Å². The van der Waals surface area contributed by atoms with Gasteiger partial charge in [0.2, 0.25) is 5.96 Å². The average molecular weight is 434 g/mol. The number of guanidine groups is 1. The second-order valence-electron chi connectivity index (χ2n) is 7.69. The maximum Gasteiger partial charge on any atom is 0.257 e. The van der Waals surface area contributed by atoms with Gasteiger partial charge in [0.15, 0.2) is 0 Å². The molecule has 1 amide bonds. The Morgan fingerprint density at radius 1 is 1.09 bits per heavy atom. The zero-order chi connectivity index (χ0) is 23.3. The molecule has 3 aromatic rings. The van der Waals surface area contributed by atoms with E-state index in [-0.39, 0.29) is 5.91 Å². The van der Waals surface area contributed by atoms with E-state index in [4.69, 9.17) is 9.73 Å². The number of hydrogen-bond acceptors (Lipinski definition) is 4. The van der Waals surface area contributed by atoms with Gasteiger partial charge >= 0.3 is 0 Å². The largest absolute Gasteiger partial charge is 0.497 e. The smallest absolute Gasteiger partial charge is 0.257 e. The highest BCUT2D eigenvalue weighted by Crippen LogP contribution is 2.19. The first kappa shape index (κ1) is 23.1. The molecule has 1 aromatic heterocycles. The van der Waals surface area contributed by atoms with Crippen LogP contribution in [0.2, 0.25) is 0 Å². The maximum atomic E-state index is 12.9. The molecule has 7 heteroatoms. The van der Waals surface area contributed by atoms with E-state index in [1.54, 1.807) is 31.4 Å². The zero-order valence-corrected chi connectivity index (χ0v) is 19.6. The number of nitrogens with zero attached hydrogens (tertiary/aromatic N) is 3. The summed E-state index contributed by atoms with van der Waals surface area (Å²) < 4.78 is 7.15. The third-order valence-corrected chi connectivity index (χ3v) is 5.67. The summed E-state index contributed by atoms with van der Waals surface area (Å²) in [5, 5.41) is 10.8. The molecule has 1 heterocycles. The molecule has 0 unspecified atom stereocenters. The second-order valence-corrected chi connectivity index (χ2v) is 7.69. The van der Waals surface area contributed by atoms with Gasteiger partial charge in [0.25, 0.3) is 5.91 Å². The zero-order valence-electron chi connectivity index (χ0n) is 19.6. The molecule has 0 atom stereocenters. The van der Waals surface area contributed by atoms with Crippen LogP contribution in [0.1, 0.15) is 45.4 Å². The van der Waals surface area contributed by atoms with E-state index in [1.165, 1.54) is 0 Å². The number of rotatable bonds is 6. The van der Waals surface area contributed by atoms with Crippen molar-refractivity contribution in [1.82, 2.24) is 15.1 Å². The van der Waals surface area contributed by atoms with Gasteiger partial charge in [0, 0.05) is 29.1 Å². The number of aliphatic imine (C=N–C) groups is 1. The first-order chi connectivity index (χ1) is 15.3. The van der Waals surface area contributed by atoms with Crippen LogP contribution in [0.3, 0.4) is 0 Å². The molecule has 32 heavy (non-hydrogen) atoms. The molecule has 0 bridgehead atoms. The topological polar surface area (TPSA) is 80.5 Å². The normalized spacial score (nSPS) is 11.4. The number of aromatic nitrogens is 2. The lowest BCUT2D eigenvalue weighted by atomic mass is 10.1. The predicted octanol–water partition coefficient (Wildman–Crippen LogP) is 4.54. The number of carbonyl (C=O) groups is 1. The summed E-state index contributed by atoms with van der Waals surface area (Å²) in [4.78, 5) is 17.6. The first-order valence-electron chi connectivity index (χ1n) is 10.7. The Kier molecular flexibility index (Phi) is 7.30. The highest BCUT2D eigenvalue weighted by Gasteiger charge is 2.14. The van der Waals surface area contributed by atoms with Crippen LogP contribution in [0.4, 0.5) is 5.69 Å². The fourth-order valence-electron chi connectivity index (χ4n) is 3.48. The molecule has 0 spiro atoms. The van der Waals surface area contributed by atoms with Gasteiger partial charge in [0.1, 0.15) is 5.75 Å². The Morgan fingerprint density at radius 3 is 2.44 bits per heavy atom. The Bertz CT molecular complexity index is 1130. The number of benzene rings is 2. The van der Waals surface area contributed by atoms with E-state index < -0.39 is 0 Å². The van der Waals surface area contributed by atoms with Gasteiger partial charge < -0.3 is 10.1 Å². The minimum absolute atomic E-state index is 0.248. The molecule has 2 N–H and O–H groups in total. The number of hydrogen-bond donors (Lipinski definition) is 2. The number of ether oxygens (including phenoxy) is 1. The summed E-state index contributed by atoms with van der Waals surface area (Å²) in [6.07, 6.45) is 0. The van der Waals surface area contributed by atoms with Gasteiger partial charge in [-0.15, -0.1) is 0 Å². The van der Waals surface area contributed by atoms with Crippen molar-refractivity contribution in [3.05, 3.63) is 76.1 Å². The molecule has 0 saturated heterocycles. The summed E-state index contributed by atoms with van der Waals surface area (Å²) in [5.74, 6) is 0.840. The molecular weight excluding hydrogens is 402 g/mol. The fraction of sp³-hybridized carbons (Fsp3) is 0.320. The molecule has 168 valence electrons. The lowest BCUT2D eigenvalue weighted by Crippen LogP contribution is -2.36. The van der Waals surface area contributed by atoms with Crippen molar-refractivity contribution in [3.63, 3.8) is 0 Å². The van der Waals surface area contributed by atoms with Crippen LogP contribution in [0, 0.1) is 27.7 Å². The summed E-state index contributed by atoms with van der Waals surface area (Å²) in [7, 11) is 1.60. The van der Waals surface area contributed by atoms with Crippen LogP contribution in [0.15, 0.2) is 47.5 Å². The number of anilines is 1. The van der Waals surface area contributed by atoms with Crippen molar-refractivity contribution in [2.24, 2.45) is 4.99 Å². The van der Waals surface area contributed by atoms with Crippen molar-refractivity contribution < 1.29 is 9.53 Å². The molecule has 0 radical (unpaired) electrons. The predicted molar refractivity (Wildman–Crippen MR) is 129 cm³/mol. The van der Waals surface area contributed by atoms with E-state index in [0.29, 0.717) is 23.8 Å². The van der Waals surface area contributed by atoms with E-state index in [1.807, 2.05) is 37.6 Å². The standard InChI is InChI=1S/C25H31N5O2/c1-7-30-19(5)22(18(4)29-30)15-26-25(27-23-10-8-9-16(2)17(23)3)28-24(31)20-11-13-21(32-6)14-12-20/h8-14H,7,15H2,1-6H3,(H2,26,27,28,31). The summed E-state index contributed by atoms with van der Waals surface area (Å²) in [6, 6.07) is 13.0. The molecule has 0 aliphatic carbocycles. The van der Waals surface area contributed by atoms with Crippen LogP contribution < -0.4 is 15.4 Å². The summed E-state index contributed by atoms with van der Waals surface area (Å²) in [5.41, 5.74) is 6.77. The van der Waals surface area contributed by atoms with Crippen molar-refractivity contribution in [1.29, 1.82) is 0 Å². The molecule has 7 nitrogen and oxygen atoms in total. The minimum atomic E-state index is -0.248. The number of methoxy groups -OCH3 is 1. The van der Waals surface area contributed by atoms with Crippen LogP contribution in [-0.4, -0.2) is 28.8 Å². The van der Waals surface area contributed by atoms with Crippen LogP contribution in [0.5, 0.6) is 5.75 Å². The monoisotopic (exact) mass is 433 g/mol. The lowest BCUT2D eigenvalue weighted by molar-refractivity contribution is 0.0977. The maximum absolute atomic E-state index is 12.9. The number of aryl methyl sites for hydroxylation is 3. The lowest BCUT2D eigenvalue weighted by Gasteiger charge is -2.15. The molecule has 0 aliphatic heterocycles. The van der Waals surface area contributed by atoms with Gasteiger partial charge in [-0.25, -0.2) is 4.99 Å². The van der Waals surface area contributed by atoms with Gasteiger partial charge in [-0.1, -0.05) is 12.1 Å². The number of amides is 1. The fourth-order valence-corrected chi connectivity index (χ4v) is 3.48. The van der Waals surface area contributed by atoms with Crippen LogP contribution in [-0.2, 0) is 13.1 Å². The molecule has 2 aromatic carbocycles. The van der Waals surface area contributed by atoms with Gasteiger partial charge in [0.05, 0.1) is 19.3 Å². The second kappa shape index (κ2) is 10.1. The van der Waals surface area contributed by atoms with Crippen LogP contribution in [0.25, 0.3) is 0 Å². The van der Waals surface area contributed by atoms with Gasteiger partial charge in [-0.05, 0) is 76.1 Å². The molecule has 0 saturated carbocycles. The van der Waals surface area contributed by atoms with E-state index in [9.17, 15) is 4.79 Å². The van der Waals surface area contributed by atoms with Crippen molar-refractivity contribution in [3.8, 4) is 5.75 Å². The van der Waals surface area contributed by atoms with Gasteiger partial charge in [-0.3, -0.25) is 14.8 Å². The van der Waals surface area contributed by atoms with Gasteiger partial charge in [-0.2, -0.15) is 5.10 Å². The van der Waals surface area contributed by atoms with Crippen molar-refractivity contribution in [2.45, 2.75) is 47.7 Å². The van der Waals surface area contributed by atoms with Crippen LogP contribution >= 0.6 is 0 Å². The Balaban J connectivity index is 1.89. The quantitative estimate of drug-likeness (QED) is 0.442.